The van der Waals surface area contributed by atoms with E-state index in [0.717, 1.165) is 0 Å². The first kappa shape index (κ1) is 13.1. The molecule has 0 amide bonds. The molecule has 4 N–H and O–H groups in total. The number of H-pyrrole nitrogens is 1. The van der Waals surface area contributed by atoms with Gasteiger partial charge in [0.15, 0.2) is 0 Å². The summed E-state index contributed by atoms with van der Waals surface area (Å²) >= 11 is 3.11. The monoisotopic (exact) mass is 291 g/mol. The number of halogens is 1. The zero-order valence-electron chi connectivity index (χ0n) is 8.83. The van der Waals surface area contributed by atoms with Crippen LogP contribution < -0.4 is 10.9 Å². The number of aliphatic hydroxyl groups is 2. The highest BCUT2D eigenvalue weighted by molar-refractivity contribution is 9.10. The second kappa shape index (κ2) is 5.42. The van der Waals surface area contributed by atoms with Gasteiger partial charge in [-0.25, -0.2) is 5.10 Å². The first-order valence-corrected chi connectivity index (χ1v) is 5.61. The summed E-state index contributed by atoms with van der Waals surface area (Å²) < 4.78 is 0.294. The Morgan fingerprint density at radius 1 is 1.56 bits per heavy atom. The molecule has 0 aliphatic carbocycles. The molecular formula is C9H14BrN3O3. The molecule has 0 atom stereocenters. The minimum atomic E-state index is -0.849. The number of rotatable bonds is 5. The smallest absolute Gasteiger partial charge is 0.280 e. The minimum Gasteiger partial charge on any atom is -0.394 e. The third-order valence-electron chi connectivity index (χ3n) is 2.48. The lowest BCUT2D eigenvalue weighted by Crippen LogP contribution is -2.45. The lowest BCUT2D eigenvalue weighted by Gasteiger charge is -2.30. The minimum absolute atomic E-state index is 0.237. The molecule has 1 aromatic rings. The predicted molar refractivity (Wildman–Crippen MR) is 63.4 cm³/mol. The summed E-state index contributed by atoms with van der Waals surface area (Å²) in [6, 6.07) is 0. The van der Waals surface area contributed by atoms with Crippen molar-refractivity contribution in [2.45, 2.75) is 18.9 Å². The molecule has 0 aliphatic rings. The molecule has 0 fully saturated rings. The molecule has 16 heavy (non-hydrogen) atoms. The summed E-state index contributed by atoms with van der Waals surface area (Å²) in [6.07, 6.45) is 1.93. The van der Waals surface area contributed by atoms with Crippen molar-refractivity contribution >= 4 is 21.6 Å². The standard InChI is InChI=1S/C9H14BrN3O3/c1-2-9(4-14,5-15)12-6-3-11-13-8(16)7(6)10/h3,14-15H,2,4-5H2,1H3,(H2,12,13,16). The van der Waals surface area contributed by atoms with Crippen molar-refractivity contribution in [2.24, 2.45) is 0 Å². The van der Waals surface area contributed by atoms with Crippen molar-refractivity contribution < 1.29 is 10.2 Å². The normalized spacial score (nSPS) is 11.5. The van der Waals surface area contributed by atoms with Crippen LogP contribution in [0.3, 0.4) is 0 Å². The van der Waals surface area contributed by atoms with E-state index in [2.05, 4.69) is 31.4 Å². The van der Waals surface area contributed by atoms with E-state index < -0.39 is 5.54 Å². The zero-order valence-corrected chi connectivity index (χ0v) is 10.4. The Hall–Kier alpha value is -0.920. The van der Waals surface area contributed by atoms with Crippen LogP contribution in [-0.2, 0) is 0 Å². The molecule has 1 aromatic heterocycles. The van der Waals surface area contributed by atoms with E-state index in [1.165, 1.54) is 6.20 Å². The van der Waals surface area contributed by atoms with Gasteiger partial charge in [0.05, 0.1) is 30.6 Å². The molecule has 0 aromatic carbocycles. The summed E-state index contributed by atoms with van der Waals surface area (Å²) in [6.45, 7) is 1.35. The van der Waals surface area contributed by atoms with Crippen LogP contribution in [0.2, 0.25) is 0 Å². The van der Waals surface area contributed by atoms with E-state index in [-0.39, 0.29) is 18.8 Å². The topological polar surface area (TPSA) is 98.2 Å². The first-order chi connectivity index (χ1) is 7.58. The fraction of sp³-hybridized carbons (Fsp3) is 0.556. The number of anilines is 1. The lowest BCUT2D eigenvalue weighted by molar-refractivity contribution is 0.132. The van der Waals surface area contributed by atoms with Crippen LogP contribution in [0.5, 0.6) is 0 Å². The van der Waals surface area contributed by atoms with Gasteiger partial charge in [-0.3, -0.25) is 4.79 Å². The highest BCUT2D eigenvalue weighted by Gasteiger charge is 2.27. The van der Waals surface area contributed by atoms with Crippen molar-refractivity contribution in [3.05, 3.63) is 21.0 Å². The van der Waals surface area contributed by atoms with Gasteiger partial charge in [0, 0.05) is 0 Å². The maximum atomic E-state index is 11.3. The number of aromatic amines is 1. The van der Waals surface area contributed by atoms with E-state index in [4.69, 9.17) is 0 Å². The summed E-state index contributed by atoms with van der Waals surface area (Å²) in [5.41, 5.74) is -0.780. The van der Waals surface area contributed by atoms with Crippen LogP contribution in [0.15, 0.2) is 15.5 Å². The van der Waals surface area contributed by atoms with E-state index in [0.29, 0.717) is 16.6 Å². The molecule has 0 saturated heterocycles. The fourth-order valence-corrected chi connectivity index (χ4v) is 1.49. The third kappa shape index (κ3) is 2.60. The zero-order chi connectivity index (χ0) is 12.2. The Labute approximate surface area is 101 Å². The van der Waals surface area contributed by atoms with Gasteiger partial charge in [0.25, 0.3) is 5.56 Å². The maximum absolute atomic E-state index is 11.3. The van der Waals surface area contributed by atoms with Gasteiger partial charge >= 0.3 is 0 Å². The first-order valence-electron chi connectivity index (χ1n) is 4.81. The lowest BCUT2D eigenvalue weighted by atomic mass is 9.98. The van der Waals surface area contributed by atoms with Gasteiger partial charge in [0.1, 0.15) is 4.47 Å². The second-order valence-corrected chi connectivity index (χ2v) is 4.29. The maximum Gasteiger partial charge on any atom is 0.280 e. The van der Waals surface area contributed by atoms with Gasteiger partial charge in [-0.05, 0) is 22.4 Å². The summed E-state index contributed by atoms with van der Waals surface area (Å²) in [5, 5.41) is 27.3. The molecule has 0 saturated carbocycles. The van der Waals surface area contributed by atoms with Gasteiger partial charge < -0.3 is 15.5 Å². The van der Waals surface area contributed by atoms with Gasteiger partial charge in [-0.1, -0.05) is 6.92 Å². The Balaban J connectivity index is 3.03. The third-order valence-corrected chi connectivity index (χ3v) is 3.26. The average molecular weight is 292 g/mol. The Bertz CT molecular complexity index is 395. The highest BCUT2D eigenvalue weighted by Crippen LogP contribution is 2.22. The number of hydrogen-bond acceptors (Lipinski definition) is 5. The van der Waals surface area contributed by atoms with Gasteiger partial charge in [-0.15, -0.1) is 0 Å². The van der Waals surface area contributed by atoms with Crippen molar-refractivity contribution in [3.8, 4) is 0 Å². The molecule has 6 nitrogen and oxygen atoms in total. The fourth-order valence-electron chi connectivity index (χ4n) is 1.20. The van der Waals surface area contributed by atoms with Gasteiger partial charge in [-0.2, -0.15) is 5.10 Å². The number of hydrogen-bond donors (Lipinski definition) is 4. The van der Waals surface area contributed by atoms with Crippen LogP contribution in [0.1, 0.15) is 13.3 Å². The molecule has 1 rings (SSSR count). The molecule has 0 aliphatic heterocycles. The van der Waals surface area contributed by atoms with Crippen LogP contribution in [0.25, 0.3) is 0 Å². The van der Waals surface area contributed by atoms with E-state index >= 15 is 0 Å². The molecule has 0 spiro atoms. The van der Waals surface area contributed by atoms with Crippen molar-refractivity contribution in [1.29, 1.82) is 0 Å². The van der Waals surface area contributed by atoms with E-state index in [1.54, 1.807) is 0 Å². The van der Waals surface area contributed by atoms with Crippen LogP contribution >= 0.6 is 15.9 Å². The molecule has 7 heteroatoms. The highest BCUT2D eigenvalue weighted by atomic mass is 79.9. The molecular weight excluding hydrogens is 278 g/mol. The van der Waals surface area contributed by atoms with Crippen LogP contribution in [-0.4, -0.2) is 39.2 Å². The molecule has 0 unspecified atom stereocenters. The Kier molecular flexibility index (Phi) is 4.45. The Morgan fingerprint density at radius 3 is 2.69 bits per heavy atom. The second-order valence-electron chi connectivity index (χ2n) is 3.50. The molecule has 0 bridgehead atoms. The number of aromatic nitrogens is 2. The average Bonchev–Trinajstić information content (AvgIpc) is 2.32. The van der Waals surface area contributed by atoms with Crippen molar-refractivity contribution in [1.82, 2.24) is 10.2 Å². The molecule has 1 heterocycles. The van der Waals surface area contributed by atoms with E-state index in [9.17, 15) is 15.0 Å². The molecule has 90 valence electrons. The summed E-state index contributed by atoms with van der Waals surface area (Å²) in [5.74, 6) is 0. The number of nitrogens with one attached hydrogen (secondary N) is 2. The van der Waals surface area contributed by atoms with Crippen LogP contribution in [0, 0.1) is 0 Å². The van der Waals surface area contributed by atoms with E-state index in [1.807, 2.05) is 6.92 Å². The molecule has 0 radical (unpaired) electrons. The quantitative estimate of drug-likeness (QED) is 0.616. The SMILES string of the molecule is CCC(CO)(CO)Nc1cn[nH]c(=O)c1Br. The van der Waals surface area contributed by atoms with Crippen molar-refractivity contribution in [3.63, 3.8) is 0 Å². The Morgan fingerprint density at radius 2 is 2.19 bits per heavy atom. The van der Waals surface area contributed by atoms with Crippen molar-refractivity contribution in [2.75, 3.05) is 18.5 Å². The number of aliphatic hydroxyl groups excluding tert-OH is 2. The number of nitrogens with zero attached hydrogens (tertiary/aromatic N) is 1. The largest absolute Gasteiger partial charge is 0.394 e. The predicted octanol–water partition coefficient (Wildman–Crippen LogP) is 0.0777. The van der Waals surface area contributed by atoms with Gasteiger partial charge in [0.2, 0.25) is 0 Å². The summed E-state index contributed by atoms with van der Waals surface area (Å²) in [7, 11) is 0. The summed E-state index contributed by atoms with van der Waals surface area (Å²) in [4.78, 5) is 11.3. The van der Waals surface area contributed by atoms with Crippen LogP contribution in [0.4, 0.5) is 5.69 Å².